The summed E-state index contributed by atoms with van der Waals surface area (Å²) >= 11 is 0. The van der Waals surface area contributed by atoms with Gasteiger partial charge in [0.25, 0.3) is 0 Å². The van der Waals surface area contributed by atoms with Gasteiger partial charge in [0.15, 0.2) is 0 Å². The summed E-state index contributed by atoms with van der Waals surface area (Å²) in [6.07, 6.45) is 14.1. The molecule has 0 atom stereocenters. The maximum absolute atomic E-state index is 4.55. The molecule has 4 rings (SSSR count). The SMILES string of the molecule is Cc1cnc2[nH]cc(Cc3cnc(CCc4ccncc4C)nc3)c2c1. The summed E-state index contributed by atoms with van der Waals surface area (Å²) in [5.74, 6) is 0.876. The van der Waals surface area contributed by atoms with Crippen LogP contribution in [0.3, 0.4) is 0 Å². The number of aryl methyl sites for hydroxylation is 4. The Kier molecular flexibility index (Phi) is 4.44. The Labute approximate surface area is 152 Å². The van der Waals surface area contributed by atoms with Crippen molar-refractivity contribution in [2.24, 2.45) is 0 Å². The fourth-order valence-corrected chi connectivity index (χ4v) is 3.16. The lowest BCUT2D eigenvalue weighted by Gasteiger charge is -2.05. The lowest BCUT2D eigenvalue weighted by atomic mass is 10.1. The zero-order chi connectivity index (χ0) is 17.9. The highest BCUT2D eigenvalue weighted by Gasteiger charge is 2.07. The van der Waals surface area contributed by atoms with Crippen LogP contribution in [0, 0.1) is 13.8 Å². The third kappa shape index (κ3) is 3.47. The van der Waals surface area contributed by atoms with Gasteiger partial charge in [0, 0.05) is 55.4 Å². The fraction of sp³-hybridized carbons (Fsp3) is 0.238. The quantitative estimate of drug-likeness (QED) is 0.599. The molecule has 26 heavy (non-hydrogen) atoms. The van der Waals surface area contributed by atoms with E-state index >= 15 is 0 Å². The highest BCUT2D eigenvalue weighted by molar-refractivity contribution is 5.80. The number of H-pyrrole nitrogens is 1. The first-order valence-corrected chi connectivity index (χ1v) is 8.81. The number of nitrogens with zero attached hydrogens (tertiary/aromatic N) is 4. The van der Waals surface area contributed by atoms with E-state index in [-0.39, 0.29) is 0 Å². The molecule has 0 aliphatic carbocycles. The Morgan fingerprint density at radius 2 is 1.77 bits per heavy atom. The predicted octanol–water partition coefficient (Wildman–Crippen LogP) is 3.74. The second-order valence-corrected chi connectivity index (χ2v) is 6.71. The Morgan fingerprint density at radius 1 is 0.923 bits per heavy atom. The maximum Gasteiger partial charge on any atom is 0.137 e. The molecule has 0 spiro atoms. The van der Waals surface area contributed by atoms with Crippen LogP contribution < -0.4 is 0 Å². The predicted molar refractivity (Wildman–Crippen MR) is 102 cm³/mol. The number of pyridine rings is 2. The van der Waals surface area contributed by atoms with Gasteiger partial charge in [-0.2, -0.15) is 0 Å². The molecular formula is C21H21N5. The van der Waals surface area contributed by atoms with Gasteiger partial charge in [-0.25, -0.2) is 15.0 Å². The number of hydrogen-bond acceptors (Lipinski definition) is 4. The third-order valence-electron chi connectivity index (χ3n) is 4.66. The first kappa shape index (κ1) is 16.4. The highest BCUT2D eigenvalue weighted by atomic mass is 14.9. The van der Waals surface area contributed by atoms with Gasteiger partial charge in [-0.1, -0.05) is 0 Å². The molecule has 0 aliphatic rings. The van der Waals surface area contributed by atoms with Crippen LogP contribution in [0.4, 0.5) is 0 Å². The molecule has 0 radical (unpaired) electrons. The molecule has 0 aromatic carbocycles. The average Bonchev–Trinajstić information content (AvgIpc) is 3.04. The third-order valence-corrected chi connectivity index (χ3v) is 4.66. The molecule has 5 heteroatoms. The molecule has 4 aromatic rings. The summed E-state index contributed by atoms with van der Waals surface area (Å²) in [4.78, 5) is 20.9. The molecule has 5 nitrogen and oxygen atoms in total. The standard InChI is InChI=1S/C21H21N5/c1-14-7-19-18(13-26-21(19)25-9-14)8-16-11-23-20(24-12-16)4-3-17-5-6-22-10-15(17)2/h5-7,9-13H,3-4,8H2,1-2H3,(H,25,26). The van der Waals surface area contributed by atoms with Crippen molar-refractivity contribution in [1.82, 2.24) is 24.9 Å². The molecule has 0 aliphatic heterocycles. The number of fused-ring (bicyclic) bond motifs is 1. The van der Waals surface area contributed by atoms with Gasteiger partial charge in [0.1, 0.15) is 11.5 Å². The van der Waals surface area contributed by atoms with Crippen LogP contribution in [-0.2, 0) is 19.3 Å². The van der Waals surface area contributed by atoms with Crippen LogP contribution >= 0.6 is 0 Å². The van der Waals surface area contributed by atoms with Crippen LogP contribution in [0.1, 0.15) is 33.6 Å². The van der Waals surface area contributed by atoms with Crippen molar-refractivity contribution in [2.75, 3.05) is 0 Å². The largest absolute Gasteiger partial charge is 0.346 e. The molecule has 0 bridgehead atoms. The molecule has 0 saturated carbocycles. The van der Waals surface area contributed by atoms with E-state index < -0.39 is 0 Å². The van der Waals surface area contributed by atoms with Gasteiger partial charge >= 0.3 is 0 Å². The van der Waals surface area contributed by atoms with Crippen molar-refractivity contribution >= 4 is 11.0 Å². The smallest absolute Gasteiger partial charge is 0.137 e. The van der Waals surface area contributed by atoms with Gasteiger partial charge in [0.2, 0.25) is 0 Å². The first-order valence-electron chi connectivity index (χ1n) is 8.81. The Hall–Kier alpha value is -3.08. The van der Waals surface area contributed by atoms with Gasteiger partial charge in [-0.15, -0.1) is 0 Å². The van der Waals surface area contributed by atoms with E-state index in [0.29, 0.717) is 0 Å². The van der Waals surface area contributed by atoms with Crippen LogP contribution in [0.15, 0.2) is 49.3 Å². The van der Waals surface area contributed by atoms with Crippen molar-refractivity contribution in [1.29, 1.82) is 0 Å². The van der Waals surface area contributed by atoms with Gasteiger partial charge in [0.05, 0.1) is 0 Å². The Morgan fingerprint density at radius 3 is 2.58 bits per heavy atom. The summed E-state index contributed by atoms with van der Waals surface area (Å²) < 4.78 is 0. The van der Waals surface area contributed by atoms with Crippen molar-refractivity contribution in [3.63, 3.8) is 0 Å². The topological polar surface area (TPSA) is 67.3 Å². The van der Waals surface area contributed by atoms with E-state index in [9.17, 15) is 0 Å². The average molecular weight is 343 g/mol. The number of aromatic nitrogens is 5. The normalized spacial score (nSPS) is 11.2. The molecule has 130 valence electrons. The minimum Gasteiger partial charge on any atom is -0.346 e. The van der Waals surface area contributed by atoms with Crippen LogP contribution in [-0.4, -0.2) is 24.9 Å². The summed E-state index contributed by atoms with van der Waals surface area (Å²) in [6.45, 7) is 4.15. The second kappa shape index (κ2) is 7.04. The summed E-state index contributed by atoms with van der Waals surface area (Å²) in [5.41, 5.74) is 6.94. The summed E-state index contributed by atoms with van der Waals surface area (Å²) in [5, 5.41) is 1.17. The monoisotopic (exact) mass is 343 g/mol. The molecule has 4 heterocycles. The van der Waals surface area contributed by atoms with E-state index in [4.69, 9.17) is 0 Å². The molecule has 0 fully saturated rings. The molecule has 4 aromatic heterocycles. The molecule has 1 N–H and O–H groups in total. The highest BCUT2D eigenvalue weighted by Crippen LogP contribution is 2.20. The van der Waals surface area contributed by atoms with Crippen molar-refractivity contribution < 1.29 is 0 Å². The zero-order valence-corrected chi connectivity index (χ0v) is 15.0. The van der Waals surface area contributed by atoms with Gasteiger partial charge in [-0.3, -0.25) is 4.98 Å². The summed E-state index contributed by atoms with van der Waals surface area (Å²) in [6, 6.07) is 4.23. The summed E-state index contributed by atoms with van der Waals surface area (Å²) in [7, 11) is 0. The number of rotatable bonds is 5. The van der Waals surface area contributed by atoms with Crippen molar-refractivity contribution in [2.45, 2.75) is 33.1 Å². The molecule has 0 saturated heterocycles. The van der Waals surface area contributed by atoms with E-state index in [0.717, 1.165) is 41.9 Å². The van der Waals surface area contributed by atoms with Gasteiger partial charge < -0.3 is 4.98 Å². The number of hydrogen-bond donors (Lipinski definition) is 1. The van der Waals surface area contributed by atoms with E-state index in [1.54, 1.807) is 0 Å². The Balaban J connectivity index is 1.45. The lowest BCUT2D eigenvalue weighted by molar-refractivity contribution is 0.843. The van der Waals surface area contributed by atoms with E-state index in [2.05, 4.69) is 50.9 Å². The number of nitrogens with one attached hydrogen (secondary N) is 1. The Bertz CT molecular complexity index is 1030. The van der Waals surface area contributed by atoms with Gasteiger partial charge in [-0.05, 0) is 60.2 Å². The van der Waals surface area contributed by atoms with Crippen LogP contribution in [0.2, 0.25) is 0 Å². The maximum atomic E-state index is 4.55. The van der Waals surface area contributed by atoms with E-state index in [1.807, 2.05) is 37.2 Å². The fourth-order valence-electron chi connectivity index (χ4n) is 3.16. The first-order chi connectivity index (χ1) is 12.7. The van der Waals surface area contributed by atoms with Crippen LogP contribution in [0.5, 0.6) is 0 Å². The minimum atomic E-state index is 0.800. The molecule has 0 unspecified atom stereocenters. The molecule has 0 amide bonds. The molecular weight excluding hydrogens is 322 g/mol. The van der Waals surface area contributed by atoms with E-state index in [1.165, 1.54) is 22.1 Å². The lowest BCUT2D eigenvalue weighted by Crippen LogP contribution is -2.01. The van der Waals surface area contributed by atoms with Crippen LogP contribution in [0.25, 0.3) is 11.0 Å². The zero-order valence-electron chi connectivity index (χ0n) is 15.0. The number of aromatic amines is 1. The van der Waals surface area contributed by atoms with Crippen molar-refractivity contribution in [3.05, 3.63) is 83.0 Å². The second-order valence-electron chi connectivity index (χ2n) is 6.71. The van der Waals surface area contributed by atoms with Crippen molar-refractivity contribution in [3.8, 4) is 0 Å². The minimum absolute atomic E-state index is 0.800.